The molecule has 0 aliphatic carbocycles. The molecule has 1 aliphatic heterocycles. The minimum atomic E-state index is -0.442. The van der Waals surface area contributed by atoms with Crippen LogP contribution in [-0.2, 0) is 4.74 Å². The lowest BCUT2D eigenvalue weighted by Gasteiger charge is -2.06. The summed E-state index contributed by atoms with van der Waals surface area (Å²) in [5.41, 5.74) is 0.284. The molecular weight excluding hydrogens is 184 g/mol. The van der Waals surface area contributed by atoms with Crippen LogP contribution >= 0.6 is 0 Å². The Balaban J connectivity index is 2.24. The van der Waals surface area contributed by atoms with E-state index in [0.29, 0.717) is 5.76 Å². The van der Waals surface area contributed by atoms with Gasteiger partial charge in [0.15, 0.2) is 17.8 Å². The van der Waals surface area contributed by atoms with E-state index in [1.54, 1.807) is 0 Å². The van der Waals surface area contributed by atoms with E-state index in [-0.39, 0.29) is 11.7 Å². The van der Waals surface area contributed by atoms with E-state index in [2.05, 4.69) is 15.0 Å². The van der Waals surface area contributed by atoms with Crippen molar-refractivity contribution in [3.05, 3.63) is 17.8 Å². The summed E-state index contributed by atoms with van der Waals surface area (Å²) in [6, 6.07) is 0.103. The normalized spacial score (nSPS) is 21.1. The van der Waals surface area contributed by atoms with Crippen molar-refractivity contribution in [1.29, 1.82) is 0 Å². The van der Waals surface area contributed by atoms with Crippen LogP contribution in [0.1, 0.15) is 35.1 Å². The molecule has 1 atom stereocenters. The van der Waals surface area contributed by atoms with Gasteiger partial charge in [-0.15, -0.1) is 0 Å². The SMILES string of the molecule is COC(=O)c1ncoc1C1CCCN1. The molecule has 1 fully saturated rings. The Hall–Kier alpha value is -1.36. The highest BCUT2D eigenvalue weighted by atomic mass is 16.5. The van der Waals surface area contributed by atoms with Gasteiger partial charge in [-0.1, -0.05) is 0 Å². The van der Waals surface area contributed by atoms with Gasteiger partial charge in [-0.25, -0.2) is 9.78 Å². The first kappa shape index (κ1) is 9.21. The van der Waals surface area contributed by atoms with Gasteiger partial charge in [0.25, 0.3) is 0 Å². The summed E-state index contributed by atoms with van der Waals surface area (Å²) in [7, 11) is 1.34. The Morgan fingerprint density at radius 1 is 1.79 bits per heavy atom. The fourth-order valence-electron chi connectivity index (χ4n) is 1.66. The lowest BCUT2D eigenvalue weighted by molar-refractivity contribution is 0.0591. The van der Waals surface area contributed by atoms with E-state index in [9.17, 15) is 4.79 Å². The van der Waals surface area contributed by atoms with Crippen LogP contribution in [-0.4, -0.2) is 24.6 Å². The first-order valence-electron chi connectivity index (χ1n) is 4.58. The van der Waals surface area contributed by atoms with Gasteiger partial charge in [-0.2, -0.15) is 0 Å². The highest BCUT2D eigenvalue weighted by Crippen LogP contribution is 2.25. The van der Waals surface area contributed by atoms with Crippen molar-refractivity contribution in [1.82, 2.24) is 10.3 Å². The number of hydrogen-bond donors (Lipinski definition) is 1. The second-order valence-electron chi connectivity index (χ2n) is 3.21. The second kappa shape index (κ2) is 3.79. The summed E-state index contributed by atoms with van der Waals surface area (Å²) < 4.78 is 9.80. The van der Waals surface area contributed by atoms with Crippen molar-refractivity contribution in [2.75, 3.05) is 13.7 Å². The lowest BCUT2D eigenvalue weighted by atomic mass is 10.1. The maximum absolute atomic E-state index is 11.3. The Morgan fingerprint density at radius 3 is 3.29 bits per heavy atom. The molecule has 1 unspecified atom stereocenters. The summed E-state index contributed by atoms with van der Waals surface area (Å²) in [6.07, 6.45) is 3.34. The molecule has 1 aliphatic rings. The molecule has 5 heteroatoms. The molecule has 14 heavy (non-hydrogen) atoms. The molecule has 1 aromatic heterocycles. The van der Waals surface area contributed by atoms with Crippen LogP contribution in [0.5, 0.6) is 0 Å². The number of hydrogen-bond acceptors (Lipinski definition) is 5. The highest BCUT2D eigenvalue weighted by Gasteiger charge is 2.26. The average Bonchev–Trinajstić information content (AvgIpc) is 2.85. The van der Waals surface area contributed by atoms with E-state index >= 15 is 0 Å². The third-order valence-electron chi connectivity index (χ3n) is 2.35. The molecule has 2 rings (SSSR count). The van der Waals surface area contributed by atoms with Crippen molar-refractivity contribution < 1.29 is 13.9 Å². The first-order chi connectivity index (χ1) is 6.83. The average molecular weight is 196 g/mol. The van der Waals surface area contributed by atoms with E-state index in [1.807, 2.05) is 0 Å². The molecule has 2 heterocycles. The standard InChI is InChI=1S/C9H12N2O3/c1-13-9(12)7-8(14-5-11-7)6-3-2-4-10-6/h5-6,10H,2-4H2,1H3. The first-order valence-corrected chi connectivity index (χ1v) is 4.58. The van der Waals surface area contributed by atoms with Crippen molar-refractivity contribution in [3.63, 3.8) is 0 Å². The third-order valence-corrected chi connectivity index (χ3v) is 2.35. The van der Waals surface area contributed by atoms with Gasteiger partial charge in [0, 0.05) is 0 Å². The number of nitrogens with zero attached hydrogens (tertiary/aromatic N) is 1. The molecule has 1 aromatic rings. The summed E-state index contributed by atoms with van der Waals surface area (Å²) in [6.45, 7) is 0.950. The fraction of sp³-hybridized carbons (Fsp3) is 0.556. The molecule has 0 spiro atoms. The van der Waals surface area contributed by atoms with Gasteiger partial charge in [-0.3, -0.25) is 0 Å². The van der Waals surface area contributed by atoms with Crippen LogP contribution in [0.15, 0.2) is 10.8 Å². The number of ether oxygens (including phenoxy) is 1. The number of rotatable bonds is 2. The van der Waals surface area contributed by atoms with E-state index in [4.69, 9.17) is 4.42 Å². The van der Waals surface area contributed by atoms with Gasteiger partial charge in [0.05, 0.1) is 13.2 Å². The predicted octanol–water partition coefficient (Wildman–Crippen LogP) is 0.886. The Labute approximate surface area is 81.5 Å². The van der Waals surface area contributed by atoms with Crippen LogP contribution in [0.25, 0.3) is 0 Å². The monoisotopic (exact) mass is 196 g/mol. The largest absolute Gasteiger partial charge is 0.464 e. The maximum atomic E-state index is 11.3. The molecule has 0 bridgehead atoms. The Morgan fingerprint density at radius 2 is 2.64 bits per heavy atom. The van der Waals surface area contributed by atoms with Crippen molar-refractivity contribution >= 4 is 5.97 Å². The molecule has 0 radical (unpaired) electrons. The van der Waals surface area contributed by atoms with Gasteiger partial charge < -0.3 is 14.5 Å². The molecular formula is C9H12N2O3. The van der Waals surface area contributed by atoms with Crippen LogP contribution in [0, 0.1) is 0 Å². The summed E-state index contributed by atoms with van der Waals surface area (Å²) in [5, 5.41) is 3.24. The van der Waals surface area contributed by atoms with Crippen LogP contribution in [0.3, 0.4) is 0 Å². The Bertz CT molecular complexity index is 329. The van der Waals surface area contributed by atoms with E-state index < -0.39 is 5.97 Å². The number of aromatic nitrogens is 1. The number of nitrogens with one attached hydrogen (secondary N) is 1. The Kier molecular flexibility index (Phi) is 2.49. The second-order valence-corrected chi connectivity index (χ2v) is 3.21. The zero-order valence-electron chi connectivity index (χ0n) is 7.95. The molecule has 0 saturated carbocycles. The number of oxazole rings is 1. The predicted molar refractivity (Wildman–Crippen MR) is 47.8 cm³/mol. The number of carbonyl (C=O) groups is 1. The van der Waals surface area contributed by atoms with Gasteiger partial charge in [0.1, 0.15) is 0 Å². The lowest BCUT2D eigenvalue weighted by Crippen LogP contribution is -2.16. The quantitative estimate of drug-likeness (QED) is 0.711. The zero-order chi connectivity index (χ0) is 9.97. The summed E-state index contributed by atoms with van der Waals surface area (Å²) >= 11 is 0. The number of esters is 1. The van der Waals surface area contributed by atoms with Crippen LogP contribution in [0.4, 0.5) is 0 Å². The van der Waals surface area contributed by atoms with Crippen molar-refractivity contribution in [2.45, 2.75) is 18.9 Å². The minimum absolute atomic E-state index is 0.103. The van der Waals surface area contributed by atoms with Crippen LogP contribution in [0.2, 0.25) is 0 Å². The van der Waals surface area contributed by atoms with Gasteiger partial charge in [-0.05, 0) is 19.4 Å². The topological polar surface area (TPSA) is 64.4 Å². The maximum Gasteiger partial charge on any atom is 0.360 e. The smallest absolute Gasteiger partial charge is 0.360 e. The zero-order valence-corrected chi connectivity index (χ0v) is 7.95. The molecule has 1 N–H and O–H groups in total. The highest BCUT2D eigenvalue weighted by molar-refractivity contribution is 5.88. The minimum Gasteiger partial charge on any atom is -0.464 e. The summed E-state index contributed by atoms with van der Waals surface area (Å²) in [4.78, 5) is 15.1. The molecule has 1 saturated heterocycles. The molecule has 0 amide bonds. The fourth-order valence-corrected chi connectivity index (χ4v) is 1.66. The van der Waals surface area contributed by atoms with Crippen LogP contribution < -0.4 is 5.32 Å². The van der Waals surface area contributed by atoms with E-state index in [0.717, 1.165) is 19.4 Å². The summed E-state index contributed by atoms with van der Waals surface area (Å²) in [5.74, 6) is 0.150. The van der Waals surface area contributed by atoms with Crippen molar-refractivity contribution in [3.8, 4) is 0 Å². The van der Waals surface area contributed by atoms with Gasteiger partial charge in [0.2, 0.25) is 0 Å². The molecule has 76 valence electrons. The van der Waals surface area contributed by atoms with Crippen molar-refractivity contribution in [2.24, 2.45) is 0 Å². The number of methoxy groups -OCH3 is 1. The molecule has 0 aromatic carbocycles. The van der Waals surface area contributed by atoms with Gasteiger partial charge >= 0.3 is 5.97 Å². The third kappa shape index (κ3) is 1.50. The number of carbonyl (C=O) groups excluding carboxylic acids is 1. The molecule has 5 nitrogen and oxygen atoms in total. The van der Waals surface area contributed by atoms with E-state index in [1.165, 1.54) is 13.5 Å².